The average Bonchev–Trinajstić information content (AvgIpc) is 3.86. The number of fused-ring (bicyclic) bond motifs is 16. The first kappa shape index (κ1) is 64.4. The van der Waals surface area contributed by atoms with Crippen molar-refractivity contribution in [3.05, 3.63) is 138 Å². The molecule has 4 aliphatic rings. The van der Waals surface area contributed by atoms with Crippen LogP contribution in [0.4, 0.5) is 0 Å². The summed E-state index contributed by atoms with van der Waals surface area (Å²) in [6, 6.07) is 14.3. The van der Waals surface area contributed by atoms with Crippen LogP contribution in [-0.4, -0.2) is 39.9 Å². The molecule has 0 aromatic carbocycles. The quantitative estimate of drug-likeness (QED) is 0.0605. The molecule has 0 saturated heterocycles. The minimum absolute atomic E-state index is 0. The number of H-pyrrole nitrogens is 4. The van der Waals surface area contributed by atoms with Gasteiger partial charge in [-0.15, -0.1) is 0 Å². The third kappa shape index (κ3) is 10.9. The van der Waals surface area contributed by atoms with Gasteiger partial charge in [-0.3, -0.25) is 0 Å². The zero-order valence-corrected chi connectivity index (χ0v) is 60.3. The molecule has 0 atom stereocenters. The summed E-state index contributed by atoms with van der Waals surface area (Å²) >= 11 is 0. The van der Waals surface area contributed by atoms with E-state index in [4.69, 9.17) is 19.9 Å². The van der Waals surface area contributed by atoms with Gasteiger partial charge in [0.1, 0.15) is 0 Å². The predicted octanol–water partition coefficient (Wildman–Crippen LogP) is 20.1. The van der Waals surface area contributed by atoms with Gasteiger partial charge in [0.05, 0.1) is 45.6 Å². The number of hydrogen-bond acceptors (Lipinski definition) is 4. The normalized spacial score (nSPS) is 13.5. The van der Waals surface area contributed by atoms with E-state index in [0.29, 0.717) is 0 Å². The molecule has 84 heavy (non-hydrogen) atoms. The summed E-state index contributed by atoms with van der Waals surface area (Å²) in [5.74, 6) is 0. The third-order valence-corrected chi connectivity index (χ3v) is 19.0. The summed E-state index contributed by atoms with van der Waals surface area (Å²) in [7, 11) is 0. The van der Waals surface area contributed by atoms with E-state index in [-0.39, 0.29) is 39.0 Å². The van der Waals surface area contributed by atoms with E-state index in [1.54, 1.807) is 0 Å². The Labute approximate surface area is 527 Å². The largest absolute Gasteiger partial charge is 0.355 e. The molecule has 434 valence electrons. The Morgan fingerprint density at radius 3 is 0.786 bits per heavy atom. The molecule has 0 unspecified atom stereocenters. The Balaban J connectivity index is 0.00000460. The number of aromatic amines is 4. The van der Waals surface area contributed by atoms with Gasteiger partial charge in [0.2, 0.25) is 0 Å². The number of allylic oxidation sites excluding steroid dienone is 8. The topological polar surface area (TPSA) is 115 Å². The molecule has 0 radical (unpaired) electrons. The van der Waals surface area contributed by atoms with Crippen molar-refractivity contribution in [1.82, 2.24) is 39.9 Å². The summed E-state index contributed by atoms with van der Waals surface area (Å²) in [6.07, 6.45) is 16.1. The number of hydrogen-bond donors (Lipinski definition) is 4. The van der Waals surface area contributed by atoms with Gasteiger partial charge in [0, 0.05) is 94.2 Å². The Morgan fingerprint density at radius 2 is 0.464 bits per heavy atom. The summed E-state index contributed by atoms with van der Waals surface area (Å²) in [5, 5.41) is 0. The van der Waals surface area contributed by atoms with E-state index < -0.39 is 0 Å². The Bertz CT molecular complexity index is 3880. The van der Waals surface area contributed by atoms with E-state index in [0.717, 1.165) is 161 Å². The van der Waals surface area contributed by atoms with E-state index in [9.17, 15) is 0 Å². The zero-order valence-electron chi connectivity index (χ0n) is 54.4. The van der Waals surface area contributed by atoms with Gasteiger partial charge in [-0.2, -0.15) is 0 Å². The first-order chi connectivity index (χ1) is 39.9. The van der Waals surface area contributed by atoms with Gasteiger partial charge in [-0.25, -0.2) is 19.9 Å². The second-order valence-electron chi connectivity index (χ2n) is 22.8. The van der Waals surface area contributed by atoms with Crippen molar-refractivity contribution in [3.63, 3.8) is 0 Å². The fraction of sp³-hybridized carbons (Fsp3) is 0.459. The zero-order chi connectivity index (χ0) is 58.3. The van der Waals surface area contributed by atoms with Crippen LogP contribution in [0.25, 0.3) is 88.7 Å². The van der Waals surface area contributed by atoms with Crippen LogP contribution in [-0.2, 0) is 103 Å². The predicted molar refractivity (Wildman–Crippen MR) is 354 cm³/mol. The molecule has 10 heterocycles. The number of aryl methyl sites for hydroxylation is 9. The van der Waals surface area contributed by atoms with E-state index in [1.165, 1.54) is 144 Å². The van der Waals surface area contributed by atoms with Crippen LogP contribution in [0.1, 0.15) is 263 Å². The van der Waals surface area contributed by atoms with E-state index >= 15 is 0 Å². The van der Waals surface area contributed by atoms with E-state index in [2.05, 4.69) is 167 Å². The molecule has 10 rings (SSSR count). The van der Waals surface area contributed by atoms with Crippen LogP contribution in [0, 0.1) is 0 Å². The Kier molecular flexibility index (Phi) is 21.0. The van der Waals surface area contributed by atoms with Crippen LogP contribution in [0.2, 0.25) is 0 Å². The van der Waals surface area contributed by atoms with Crippen molar-refractivity contribution >= 4 is 88.7 Å². The molecule has 6 aromatic heterocycles. The van der Waals surface area contributed by atoms with Crippen molar-refractivity contribution in [3.8, 4) is 0 Å². The Hall–Kier alpha value is -5.55. The average molecular weight is 1230 g/mol. The number of rotatable bonds is 19. The first-order valence-electron chi connectivity index (χ1n) is 32.4. The Morgan fingerprint density at radius 1 is 0.226 bits per heavy atom. The summed E-state index contributed by atoms with van der Waals surface area (Å²) in [6.45, 7) is 37.1. The maximum Gasteiger partial charge on any atom is 0.0726 e. The molecule has 16 bridgehead atoms. The molecule has 0 fully saturated rings. The molecule has 0 aliphatic carbocycles. The second-order valence-corrected chi connectivity index (χ2v) is 22.8. The standard InChI is InChI=1S/C74H94N8.2Zn/c1-17-41-45(21-5)63-37-67-49(25-9)53(29-13)71(79-67)57(72-54(30-14)50(26-10)68(80-72)38-64-46(22-6)42(18-2)60(76-64)35-59(41)75-63)33-34-58-73-55(31-15)51(27-11)69(81-73)39-65-47(23-7)43(19-3)61(77-65)36-62-44(20-4)48(24-8)66(78-62)40-70-52(28-12)56(32-16)74(58)82-70;;/h35-40,75-77,81H,17-34H2,1-16H3;;. The molecule has 8 nitrogen and oxygen atoms in total. The summed E-state index contributed by atoms with van der Waals surface area (Å²) < 4.78 is 0. The molecule has 0 saturated carbocycles. The van der Waals surface area contributed by atoms with Crippen LogP contribution in [0.3, 0.4) is 0 Å². The number of aromatic nitrogens is 8. The van der Waals surface area contributed by atoms with Gasteiger partial charge < -0.3 is 19.9 Å². The summed E-state index contributed by atoms with van der Waals surface area (Å²) in [5.41, 5.74) is 42.5. The smallest absolute Gasteiger partial charge is 0.0726 e. The molecule has 10 heteroatoms. The third-order valence-electron chi connectivity index (χ3n) is 19.0. The molecule has 4 aliphatic heterocycles. The molecular weight excluding hydrogens is 1130 g/mol. The molecular formula is C74H94N8Zn2. The maximum absolute atomic E-state index is 5.93. The molecule has 6 aromatic rings. The van der Waals surface area contributed by atoms with E-state index in [1.807, 2.05) is 0 Å². The van der Waals surface area contributed by atoms with Gasteiger partial charge in [-0.1, -0.05) is 111 Å². The van der Waals surface area contributed by atoms with Crippen molar-refractivity contribution in [2.24, 2.45) is 0 Å². The minimum atomic E-state index is 0. The van der Waals surface area contributed by atoms with Crippen molar-refractivity contribution < 1.29 is 39.0 Å². The molecule has 0 spiro atoms. The second kappa shape index (κ2) is 27.4. The van der Waals surface area contributed by atoms with Crippen molar-refractivity contribution in [2.75, 3.05) is 0 Å². The van der Waals surface area contributed by atoms with Crippen molar-refractivity contribution in [2.45, 2.75) is 226 Å². The monoisotopic (exact) mass is 1220 g/mol. The van der Waals surface area contributed by atoms with Gasteiger partial charge >= 0.3 is 0 Å². The fourth-order valence-corrected chi connectivity index (χ4v) is 15.3. The maximum atomic E-state index is 5.93. The number of nitrogens with one attached hydrogen (secondary N) is 4. The SMILES string of the molecule is CCC1=C(CC)c2cc3[nH]c(cc4[nH]c(c(CCc5c6nc(cc7[nH]c(cc8[nH]c(cc9nc5C(CC)=C9CC)c(CC)c8CC)c(CC)c7CC)C(CC)=C6CC)c5nc(cc1n2)C(CC)=C5CC)c(CC)c4CC)c(CC)c3CC.[Zn].[Zn]. The number of nitrogens with zero attached hydrogens (tertiary/aromatic N) is 4. The van der Waals surface area contributed by atoms with Gasteiger partial charge in [-0.05, 0) is 241 Å². The van der Waals surface area contributed by atoms with Crippen LogP contribution in [0.5, 0.6) is 0 Å². The van der Waals surface area contributed by atoms with Crippen LogP contribution in [0.15, 0.2) is 36.4 Å². The molecule has 4 N–H and O–H groups in total. The summed E-state index contributed by atoms with van der Waals surface area (Å²) in [4.78, 5) is 39.6. The van der Waals surface area contributed by atoms with Crippen LogP contribution >= 0.6 is 0 Å². The van der Waals surface area contributed by atoms with Crippen LogP contribution < -0.4 is 0 Å². The minimum Gasteiger partial charge on any atom is -0.355 e. The fourth-order valence-electron chi connectivity index (χ4n) is 15.3. The van der Waals surface area contributed by atoms with Crippen molar-refractivity contribution in [1.29, 1.82) is 0 Å². The first-order valence-corrected chi connectivity index (χ1v) is 32.4. The molecule has 0 amide bonds. The van der Waals surface area contributed by atoms with Gasteiger partial charge in [0.25, 0.3) is 0 Å². The van der Waals surface area contributed by atoms with Gasteiger partial charge in [0.15, 0.2) is 0 Å².